The van der Waals surface area contributed by atoms with Crippen LogP contribution in [0.4, 0.5) is 0 Å². The quantitative estimate of drug-likeness (QED) is 0.785. The van der Waals surface area contributed by atoms with Gasteiger partial charge in [-0.05, 0) is 31.0 Å². The molecule has 0 unspecified atom stereocenters. The smallest absolute Gasteiger partial charge is 0.308 e. The van der Waals surface area contributed by atoms with Crippen LogP contribution in [0.5, 0.6) is 0 Å². The van der Waals surface area contributed by atoms with Gasteiger partial charge in [0, 0.05) is 23.1 Å². The van der Waals surface area contributed by atoms with Crippen molar-refractivity contribution in [2.75, 3.05) is 20.2 Å². The monoisotopic (exact) mass is 351 g/mol. The average molecular weight is 352 g/mol. The van der Waals surface area contributed by atoms with Crippen molar-refractivity contribution >= 4 is 39.2 Å². The Hall–Kier alpha value is -0.820. The van der Waals surface area contributed by atoms with E-state index < -0.39 is 10.0 Å². The van der Waals surface area contributed by atoms with Crippen LogP contribution in [0.1, 0.15) is 12.8 Å². The van der Waals surface area contributed by atoms with Crippen molar-refractivity contribution < 1.29 is 17.9 Å². The molecule has 0 atom stereocenters. The SMILES string of the molecule is COC(=O)C1CCN(S(=O)(=O)c2cc(Cl)cc(Cl)c2)CC1. The summed E-state index contributed by atoms with van der Waals surface area (Å²) in [5.41, 5.74) is 0. The van der Waals surface area contributed by atoms with Crippen LogP contribution in [0.25, 0.3) is 0 Å². The molecule has 0 aliphatic carbocycles. The van der Waals surface area contributed by atoms with Gasteiger partial charge in [-0.15, -0.1) is 0 Å². The van der Waals surface area contributed by atoms with Crippen molar-refractivity contribution in [3.8, 4) is 0 Å². The van der Waals surface area contributed by atoms with Gasteiger partial charge in [0.15, 0.2) is 0 Å². The van der Waals surface area contributed by atoms with Gasteiger partial charge in [-0.3, -0.25) is 4.79 Å². The predicted molar refractivity (Wildman–Crippen MR) is 80.0 cm³/mol. The summed E-state index contributed by atoms with van der Waals surface area (Å²) >= 11 is 11.7. The van der Waals surface area contributed by atoms with Crippen molar-refractivity contribution in [2.24, 2.45) is 5.92 Å². The van der Waals surface area contributed by atoms with E-state index in [0.717, 1.165) is 0 Å². The Morgan fingerprint density at radius 2 is 1.71 bits per heavy atom. The van der Waals surface area contributed by atoms with E-state index in [4.69, 9.17) is 23.2 Å². The molecule has 8 heteroatoms. The highest BCUT2D eigenvalue weighted by atomic mass is 35.5. The molecule has 0 saturated carbocycles. The van der Waals surface area contributed by atoms with Crippen molar-refractivity contribution in [3.05, 3.63) is 28.2 Å². The highest BCUT2D eigenvalue weighted by Gasteiger charge is 2.32. The number of ether oxygens (including phenoxy) is 1. The van der Waals surface area contributed by atoms with Crippen LogP contribution in [0.2, 0.25) is 10.0 Å². The van der Waals surface area contributed by atoms with E-state index in [0.29, 0.717) is 12.8 Å². The Morgan fingerprint density at radius 1 is 1.19 bits per heavy atom. The molecule has 21 heavy (non-hydrogen) atoms. The fraction of sp³-hybridized carbons (Fsp3) is 0.462. The van der Waals surface area contributed by atoms with Crippen LogP contribution in [-0.4, -0.2) is 38.9 Å². The second-order valence-electron chi connectivity index (χ2n) is 4.81. The van der Waals surface area contributed by atoms with Gasteiger partial charge < -0.3 is 4.74 Å². The van der Waals surface area contributed by atoms with E-state index in [-0.39, 0.29) is 39.9 Å². The molecule has 0 bridgehead atoms. The summed E-state index contributed by atoms with van der Waals surface area (Å²) in [6.45, 7) is 0.540. The third-order valence-electron chi connectivity index (χ3n) is 3.46. The first-order valence-electron chi connectivity index (χ1n) is 6.38. The minimum Gasteiger partial charge on any atom is -0.469 e. The second-order valence-corrected chi connectivity index (χ2v) is 7.62. The highest BCUT2D eigenvalue weighted by Crippen LogP contribution is 2.28. The summed E-state index contributed by atoms with van der Waals surface area (Å²) in [6.07, 6.45) is 0.889. The van der Waals surface area contributed by atoms with Crippen LogP contribution in [0.3, 0.4) is 0 Å². The Morgan fingerprint density at radius 3 is 2.19 bits per heavy atom. The first-order chi connectivity index (χ1) is 9.84. The van der Waals surface area contributed by atoms with E-state index in [1.165, 1.54) is 29.6 Å². The number of hydrogen-bond donors (Lipinski definition) is 0. The van der Waals surface area contributed by atoms with Crippen molar-refractivity contribution in [1.82, 2.24) is 4.31 Å². The largest absolute Gasteiger partial charge is 0.469 e. The molecule has 1 aromatic rings. The summed E-state index contributed by atoms with van der Waals surface area (Å²) in [5.74, 6) is -0.540. The molecule has 0 radical (unpaired) electrons. The lowest BCUT2D eigenvalue weighted by Crippen LogP contribution is -2.40. The van der Waals surface area contributed by atoms with E-state index in [2.05, 4.69) is 4.74 Å². The molecule has 1 aromatic carbocycles. The standard InChI is InChI=1S/C13H15Cl2NO4S/c1-20-13(17)9-2-4-16(5-3-9)21(18,19)12-7-10(14)6-11(15)8-12/h6-9H,2-5H2,1H3. The highest BCUT2D eigenvalue weighted by molar-refractivity contribution is 7.89. The molecule has 0 amide bonds. The van der Waals surface area contributed by atoms with Crippen LogP contribution >= 0.6 is 23.2 Å². The Kier molecular flexibility index (Phi) is 5.14. The number of sulfonamides is 1. The van der Waals surface area contributed by atoms with Crippen LogP contribution < -0.4 is 0 Å². The van der Waals surface area contributed by atoms with Gasteiger partial charge in [-0.25, -0.2) is 8.42 Å². The first kappa shape index (κ1) is 16.5. The fourth-order valence-electron chi connectivity index (χ4n) is 2.33. The van der Waals surface area contributed by atoms with Crippen molar-refractivity contribution in [3.63, 3.8) is 0 Å². The normalized spacial score (nSPS) is 17.7. The molecule has 1 aliphatic heterocycles. The number of nitrogens with zero attached hydrogens (tertiary/aromatic N) is 1. The minimum absolute atomic E-state index is 0.0662. The Bertz CT molecular complexity index is 619. The van der Waals surface area contributed by atoms with E-state index in [9.17, 15) is 13.2 Å². The lowest BCUT2D eigenvalue weighted by atomic mass is 9.99. The zero-order valence-electron chi connectivity index (χ0n) is 11.4. The van der Waals surface area contributed by atoms with Gasteiger partial charge in [0.25, 0.3) is 0 Å². The number of piperidine rings is 1. The van der Waals surface area contributed by atoms with Crippen LogP contribution in [0.15, 0.2) is 23.1 Å². The van der Waals surface area contributed by atoms with Gasteiger partial charge in [-0.1, -0.05) is 23.2 Å². The molecule has 116 valence electrons. The summed E-state index contributed by atoms with van der Waals surface area (Å²) in [4.78, 5) is 11.5. The number of hydrogen-bond acceptors (Lipinski definition) is 4. The number of carbonyl (C=O) groups is 1. The molecule has 0 N–H and O–H groups in total. The Labute approximate surface area is 133 Å². The molecule has 1 fully saturated rings. The van der Waals surface area contributed by atoms with E-state index in [1.54, 1.807) is 0 Å². The molecule has 1 aliphatic rings. The summed E-state index contributed by atoms with van der Waals surface area (Å²) < 4.78 is 31.1. The number of rotatable bonds is 3. The van der Waals surface area contributed by atoms with Crippen LogP contribution in [-0.2, 0) is 19.6 Å². The zero-order chi connectivity index (χ0) is 15.6. The average Bonchev–Trinajstić information content (AvgIpc) is 2.45. The Balaban J connectivity index is 2.16. The number of esters is 1. The van der Waals surface area contributed by atoms with Crippen molar-refractivity contribution in [2.45, 2.75) is 17.7 Å². The first-order valence-corrected chi connectivity index (χ1v) is 8.58. The maximum absolute atomic E-state index is 12.5. The second kappa shape index (κ2) is 6.52. The maximum Gasteiger partial charge on any atom is 0.308 e. The number of halogens is 2. The van der Waals surface area contributed by atoms with Gasteiger partial charge in [0.05, 0.1) is 17.9 Å². The molecule has 0 spiro atoms. The lowest BCUT2D eigenvalue weighted by molar-refractivity contribution is -0.146. The summed E-state index contributed by atoms with van der Waals surface area (Å²) in [6, 6.07) is 4.22. The fourth-order valence-corrected chi connectivity index (χ4v) is 4.52. The molecule has 1 heterocycles. The number of carbonyl (C=O) groups excluding carboxylic acids is 1. The van der Waals surface area contributed by atoms with E-state index >= 15 is 0 Å². The van der Waals surface area contributed by atoms with Gasteiger partial charge in [0.2, 0.25) is 10.0 Å². The lowest BCUT2D eigenvalue weighted by Gasteiger charge is -2.29. The zero-order valence-corrected chi connectivity index (χ0v) is 13.7. The van der Waals surface area contributed by atoms with Gasteiger partial charge >= 0.3 is 5.97 Å². The molecular formula is C13H15Cl2NO4S. The molecule has 1 saturated heterocycles. The molecule has 0 aromatic heterocycles. The third-order valence-corrected chi connectivity index (χ3v) is 5.78. The van der Waals surface area contributed by atoms with Gasteiger partial charge in [-0.2, -0.15) is 4.31 Å². The predicted octanol–water partition coefficient (Wildman–Crippen LogP) is 2.57. The molecule has 2 rings (SSSR count). The third kappa shape index (κ3) is 3.69. The minimum atomic E-state index is -3.65. The maximum atomic E-state index is 12.5. The number of methoxy groups -OCH3 is 1. The number of benzene rings is 1. The van der Waals surface area contributed by atoms with Crippen molar-refractivity contribution in [1.29, 1.82) is 0 Å². The van der Waals surface area contributed by atoms with E-state index in [1.807, 2.05) is 0 Å². The van der Waals surface area contributed by atoms with Gasteiger partial charge in [0.1, 0.15) is 0 Å². The van der Waals surface area contributed by atoms with Crippen LogP contribution in [0, 0.1) is 5.92 Å². The molecule has 5 nitrogen and oxygen atoms in total. The summed E-state index contributed by atoms with van der Waals surface area (Å²) in [7, 11) is -2.32. The summed E-state index contributed by atoms with van der Waals surface area (Å²) in [5, 5.41) is 0.538. The molecular weight excluding hydrogens is 337 g/mol. The topological polar surface area (TPSA) is 63.7 Å².